The molecule has 7 nitrogen and oxygen atoms in total. The summed E-state index contributed by atoms with van der Waals surface area (Å²) in [6, 6.07) is 12.2. The molecule has 4 aromatic rings. The minimum Gasteiger partial charge on any atom is -0.493 e. The molecule has 3 heterocycles. The summed E-state index contributed by atoms with van der Waals surface area (Å²) in [6.45, 7) is 0.555. The van der Waals surface area contributed by atoms with Gasteiger partial charge in [0.15, 0.2) is 5.82 Å². The lowest BCUT2D eigenvalue weighted by atomic mass is 9.89. The van der Waals surface area contributed by atoms with Crippen molar-refractivity contribution in [2.45, 2.75) is 12.3 Å². The Bertz CT molecular complexity index is 1200. The van der Waals surface area contributed by atoms with Crippen molar-refractivity contribution < 1.29 is 9.13 Å². The Balaban J connectivity index is 1.69. The van der Waals surface area contributed by atoms with E-state index in [1.165, 1.54) is 12.1 Å². The zero-order valence-corrected chi connectivity index (χ0v) is 14.8. The van der Waals surface area contributed by atoms with Gasteiger partial charge in [0.2, 0.25) is 5.95 Å². The number of hydrogen-bond donors (Lipinski definition) is 2. The number of para-hydroxylation sites is 1. The summed E-state index contributed by atoms with van der Waals surface area (Å²) in [4.78, 5) is 13.3. The highest BCUT2D eigenvalue weighted by molar-refractivity contribution is 5.77. The van der Waals surface area contributed by atoms with Crippen LogP contribution in [0, 0.1) is 5.82 Å². The largest absolute Gasteiger partial charge is 0.493 e. The van der Waals surface area contributed by atoms with Gasteiger partial charge >= 0.3 is 0 Å². The van der Waals surface area contributed by atoms with E-state index >= 15 is 0 Å². The van der Waals surface area contributed by atoms with Crippen LogP contribution in [-0.4, -0.2) is 26.1 Å². The van der Waals surface area contributed by atoms with Gasteiger partial charge in [-0.3, -0.25) is 4.57 Å². The molecule has 0 bridgehead atoms. The van der Waals surface area contributed by atoms with E-state index in [2.05, 4.69) is 9.97 Å². The maximum atomic E-state index is 13.7. The summed E-state index contributed by atoms with van der Waals surface area (Å²) in [5, 5.41) is 0. The number of nitrogens with zero attached hydrogens (tertiary/aromatic N) is 4. The minimum atomic E-state index is -0.365. The first kappa shape index (κ1) is 16.5. The summed E-state index contributed by atoms with van der Waals surface area (Å²) >= 11 is 0. The average molecular weight is 376 g/mol. The lowest BCUT2D eigenvalue weighted by molar-refractivity contribution is 0.276. The Morgan fingerprint density at radius 1 is 1.11 bits per heavy atom. The maximum Gasteiger partial charge on any atom is 0.237 e. The third-order valence-electron chi connectivity index (χ3n) is 5.01. The molecular weight excluding hydrogens is 359 g/mol. The zero-order valence-electron chi connectivity index (χ0n) is 14.8. The monoisotopic (exact) mass is 376 g/mol. The number of ether oxygens (including phenoxy) is 1. The summed E-state index contributed by atoms with van der Waals surface area (Å²) < 4.78 is 21.1. The quantitative estimate of drug-likeness (QED) is 0.557. The molecule has 1 unspecified atom stereocenters. The second kappa shape index (κ2) is 6.19. The van der Waals surface area contributed by atoms with Gasteiger partial charge in [0.05, 0.1) is 29.0 Å². The van der Waals surface area contributed by atoms with Gasteiger partial charge in [0, 0.05) is 17.5 Å². The molecule has 0 amide bonds. The van der Waals surface area contributed by atoms with E-state index in [0.29, 0.717) is 35.0 Å². The van der Waals surface area contributed by atoms with Crippen molar-refractivity contribution in [1.29, 1.82) is 0 Å². The van der Waals surface area contributed by atoms with Crippen molar-refractivity contribution in [3.8, 4) is 11.7 Å². The summed E-state index contributed by atoms with van der Waals surface area (Å²) in [5.41, 5.74) is 15.6. The third-order valence-corrected chi connectivity index (χ3v) is 5.01. The molecule has 1 aliphatic rings. The van der Waals surface area contributed by atoms with Crippen LogP contribution in [0.25, 0.3) is 17.0 Å². The van der Waals surface area contributed by atoms with E-state index in [-0.39, 0.29) is 17.6 Å². The van der Waals surface area contributed by atoms with E-state index in [1.807, 2.05) is 24.3 Å². The molecule has 0 saturated carbocycles. The van der Waals surface area contributed by atoms with Crippen molar-refractivity contribution >= 4 is 22.5 Å². The summed E-state index contributed by atoms with van der Waals surface area (Å²) in [6.07, 6.45) is 2.27. The van der Waals surface area contributed by atoms with Gasteiger partial charge in [-0.05, 0) is 24.6 Å². The van der Waals surface area contributed by atoms with Crippen LogP contribution in [0.1, 0.15) is 23.6 Å². The van der Waals surface area contributed by atoms with Gasteiger partial charge in [0.1, 0.15) is 17.9 Å². The highest BCUT2D eigenvalue weighted by Crippen LogP contribution is 2.40. The first-order valence-corrected chi connectivity index (χ1v) is 8.89. The van der Waals surface area contributed by atoms with E-state index in [0.717, 1.165) is 17.7 Å². The van der Waals surface area contributed by atoms with Crippen molar-refractivity contribution in [2.24, 2.45) is 0 Å². The van der Waals surface area contributed by atoms with Gasteiger partial charge in [-0.2, -0.15) is 4.98 Å². The number of nitrogens with two attached hydrogens (primary N) is 2. The molecule has 140 valence electrons. The highest BCUT2D eigenvalue weighted by atomic mass is 19.1. The number of rotatable bonds is 2. The van der Waals surface area contributed by atoms with Crippen LogP contribution in [0.4, 0.5) is 15.9 Å². The fraction of sp³-hybridized carbons (Fsp3) is 0.150. The number of nitrogen functional groups attached to an aromatic ring is 2. The zero-order chi connectivity index (χ0) is 19.3. The van der Waals surface area contributed by atoms with Crippen LogP contribution in [0.5, 0.6) is 5.75 Å². The van der Waals surface area contributed by atoms with Crippen LogP contribution < -0.4 is 16.2 Å². The number of fused-ring (bicyclic) bond motifs is 2. The molecule has 2 aromatic carbocycles. The van der Waals surface area contributed by atoms with Crippen LogP contribution in [-0.2, 0) is 0 Å². The number of halogens is 1. The van der Waals surface area contributed by atoms with E-state index in [1.54, 1.807) is 17.0 Å². The smallest absolute Gasteiger partial charge is 0.237 e. The summed E-state index contributed by atoms with van der Waals surface area (Å²) in [5.74, 6) is 0.866. The molecule has 1 aliphatic heterocycles. The molecule has 0 aliphatic carbocycles. The highest BCUT2D eigenvalue weighted by Gasteiger charge is 2.27. The van der Waals surface area contributed by atoms with Gasteiger partial charge < -0.3 is 16.2 Å². The summed E-state index contributed by atoms with van der Waals surface area (Å²) in [7, 11) is 0. The molecular formula is C20H17FN6O. The van der Waals surface area contributed by atoms with Crippen molar-refractivity contribution in [3.05, 3.63) is 65.9 Å². The van der Waals surface area contributed by atoms with Crippen LogP contribution >= 0.6 is 0 Å². The molecule has 0 radical (unpaired) electrons. The molecule has 0 spiro atoms. The van der Waals surface area contributed by atoms with Gasteiger partial charge in [-0.1, -0.05) is 18.2 Å². The first-order chi connectivity index (χ1) is 13.6. The van der Waals surface area contributed by atoms with Crippen molar-refractivity contribution in [2.75, 3.05) is 18.1 Å². The van der Waals surface area contributed by atoms with E-state index in [9.17, 15) is 4.39 Å². The Morgan fingerprint density at radius 2 is 1.96 bits per heavy atom. The average Bonchev–Trinajstić information content (AvgIpc) is 3.12. The molecule has 0 fully saturated rings. The maximum absolute atomic E-state index is 13.7. The Hall–Kier alpha value is -3.68. The van der Waals surface area contributed by atoms with Gasteiger partial charge in [0.25, 0.3) is 0 Å². The molecule has 4 N–H and O–H groups in total. The third kappa shape index (κ3) is 2.53. The molecule has 0 saturated heterocycles. The van der Waals surface area contributed by atoms with Crippen LogP contribution in [0.2, 0.25) is 0 Å². The molecule has 28 heavy (non-hydrogen) atoms. The first-order valence-electron chi connectivity index (χ1n) is 8.89. The molecule has 2 aromatic heterocycles. The van der Waals surface area contributed by atoms with Crippen LogP contribution in [0.3, 0.4) is 0 Å². The lowest BCUT2D eigenvalue weighted by Crippen LogP contribution is -2.19. The SMILES string of the molecule is Nc1nc(-n2cnc3ccc(F)cc32)nc(C2CCOc3ccccc32)c1N. The Kier molecular flexibility index (Phi) is 3.65. The standard InChI is InChI=1S/C20H17FN6O/c21-11-5-6-14-15(9-11)27(10-24-14)20-25-18(17(22)19(23)26-20)13-7-8-28-16-4-2-1-3-12(13)16/h1-6,9-10,13H,7-8,22H2,(H2,23,25,26). The minimum absolute atomic E-state index is 0.0690. The number of imidazole rings is 1. The van der Waals surface area contributed by atoms with E-state index < -0.39 is 0 Å². The van der Waals surface area contributed by atoms with Crippen molar-refractivity contribution in [1.82, 2.24) is 19.5 Å². The number of hydrogen-bond acceptors (Lipinski definition) is 6. The predicted octanol–water partition coefficient (Wildman–Crippen LogP) is 3.03. The second-order valence-corrected chi connectivity index (χ2v) is 6.68. The molecule has 5 rings (SSSR count). The number of anilines is 2. The van der Waals surface area contributed by atoms with Gasteiger partial charge in [-0.15, -0.1) is 0 Å². The topological polar surface area (TPSA) is 105 Å². The number of benzene rings is 2. The second-order valence-electron chi connectivity index (χ2n) is 6.68. The van der Waals surface area contributed by atoms with Crippen LogP contribution in [0.15, 0.2) is 48.8 Å². The van der Waals surface area contributed by atoms with E-state index in [4.69, 9.17) is 21.2 Å². The molecule has 8 heteroatoms. The van der Waals surface area contributed by atoms with Gasteiger partial charge in [-0.25, -0.2) is 14.4 Å². The van der Waals surface area contributed by atoms with Crippen molar-refractivity contribution in [3.63, 3.8) is 0 Å². The Labute approximate surface area is 159 Å². The fourth-order valence-corrected chi connectivity index (χ4v) is 3.63. The lowest BCUT2D eigenvalue weighted by Gasteiger charge is -2.26. The normalized spacial score (nSPS) is 16.0. The Morgan fingerprint density at radius 3 is 2.86 bits per heavy atom. The predicted molar refractivity (Wildman–Crippen MR) is 104 cm³/mol. The number of aromatic nitrogens is 4. The fourth-order valence-electron chi connectivity index (χ4n) is 3.63. The molecule has 1 atom stereocenters.